The van der Waals surface area contributed by atoms with Gasteiger partial charge in [0.15, 0.2) is 0 Å². The molecule has 1 saturated heterocycles. The number of amides is 3. The van der Waals surface area contributed by atoms with Gasteiger partial charge in [0.05, 0.1) is 5.92 Å². The minimum atomic E-state index is -0.785. The van der Waals surface area contributed by atoms with Gasteiger partial charge in [-0.25, -0.2) is 4.79 Å². The fourth-order valence-corrected chi connectivity index (χ4v) is 4.59. The standard InChI is InChI=1S/C19H31N3O4/c23-17(13-6-7-14(12-13)18(24)25)22-10-8-16(9-11-22)21-19(26)20-15-4-2-1-3-5-15/h13-16H,1-12H2,(H,24,25)(H2,20,21,26)/t13-,14+/m0/s1. The molecule has 3 fully saturated rings. The average molecular weight is 365 g/mol. The van der Waals surface area contributed by atoms with Crippen molar-refractivity contribution in [1.82, 2.24) is 15.5 Å². The molecule has 1 aliphatic heterocycles. The SMILES string of the molecule is O=C(NC1CCCCC1)NC1CCN(C(=O)[C@H]2CC[C@@H](C(=O)O)C2)CC1. The predicted molar refractivity (Wildman–Crippen MR) is 96.6 cm³/mol. The second-order valence-corrected chi connectivity index (χ2v) is 8.10. The summed E-state index contributed by atoms with van der Waals surface area (Å²) in [6.07, 6.45) is 9.06. The van der Waals surface area contributed by atoms with E-state index in [1.165, 1.54) is 19.3 Å². The smallest absolute Gasteiger partial charge is 0.315 e. The van der Waals surface area contributed by atoms with Crippen LogP contribution in [-0.2, 0) is 9.59 Å². The van der Waals surface area contributed by atoms with Crippen LogP contribution >= 0.6 is 0 Å². The van der Waals surface area contributed by atoms with Gasteiger partial charge >= 0.3 is 12.0 Å². The molecule has 3 N–H and O–H groups in total. The van der Waals surface area contributed by atoms with Gasteiger partial charge in [0.2, 0.25) is 5.91 Å². The topological polar surface area (TPSA) is 98.7 Å². The maximum Gasteiger partial charge on any atom is 0.315 e. The molecule has 0 aromatic carbocycles. The minimum absolute atomic E-state index is 0.0817. The first-order valence-electron chi connectivity index (χ1n) is 10.1. The van der Waals surface area contributed by atoms with E-state index in [2.05, 4.69) is 10.6 Å². The molecule has 0 unspecified atom stereocenters. The number of nitrogens with one attached hydrogen (secondary N) is 2. The number of carboxylic acids is 1. The first kappa shape index (κ1) is 19.0. The monoisotopic (exact) mass is 365 g/mol. The first-order chi connectivity index (χ1) is 12.5. The summed E-state index contributed by atoms with van der Waals surface area (Å²) in [5, 5.41) is 15.2. The molecule has 26 heavy (non-hydrogen) atoms. The number of hydrogen-bond acceptors (Lipinski definition) is 3. The molecule has 2 atom stereocenters. The zero-order valence-electron chi connectivity index (χ0n) is 15.4. The molecule has 2 saturated carbocycles. The van der Waals surface area contributed by atoms with E-state index in [0.29, 0.717) is 38.4 Å². The van der Waals surface area contributed by atoms with E-state index < -0.39 is 5.97 Å². The summed E-state index contributed by atoms with van der Waals surface area (Å²) in [5.74, 6) is -1.20. The van der Waals surface area contributed by atoms with Crippen LogP contribution in [0.2, 0.25) is 0 Å². The lowest BCUT2D eigenvalue weighted by molar-refractivity contribution is -0.141. The molecule has 7 nitrogen and oxygen atoms in total. The van der Waals surface area contributed by atoms with E-state index in [1.807, 2.05) is 4.90 Å². The normalized spacial score (nSPS) is 27.9. The maximum absolute atomic E-state index is 12.6. The summed E-state index contributed by atoms with van der Waals surface area (Å²) in [6.45, 7) is 1.28. The molecule has 3 aliphatic rings. The van der Waals surface area contributed by atoms with Crippen LogP contribution in [0.3, 0.4) is 0 Å². The Balaban J connectivity index is 1.38. The Labute approximate surface area is 154 Å². The van der Waals surface area contributed by atoms with Gasteiger partial charge in [-0.05, 0) is 44.9 Å². The van der Waals surface area contributed by atoms with Gasteiger partial charge in [0.25, 0.3) is 0 Å². The number of nitrogens with zero attached hydrogens (tertiary/aromatic N) is 1. The van der Waals surface area contributed by atoms with Gasteiger partial charge in [0, 0.05) is 31.1 Å². The van der Waals surface area contributed by atoms with Gasteiger partial charge in [0.1, 0.15) is 0 Å². The number of piperidine rings is 1. The fraction of sp³-hybridized carbons (Fsp3) is 0.842. The van der Waals surface area contributed by atoms with Gasteiger partial charge in [-0.1, -0.05) is 19.3 Å². The summed E-state index contributed by atoms with van der Waals surface area (Å²) >= 11 is 0. The van der Waals surface area contributed by atoms with Gasteiger partial charge in [-0.15, -0.1) is 0 Å². The Bertz CT molecular complexity index is 525. The fourth-order valence-electron chi connectivity index (χ4n) is 4.59. The van der Waals surface area contributed by atoms with Crippen LogP contribution in [0.1, 0.15) is 64.2 Å². The molecular weight excluding hydrogens is 334 g/mol. The van der Waals surface area contributed by atoms with Crippen molar-refractivity contribution >= 4 is 17.9 Å². The third-order valence-electron chi connectivity index (χ3n) is 6.21. The number of hydrogen-bond donors (Lipinski definition) is 3. The summed E-state index contributed by atoms with van der Waals surface area (Å²) < 4.78 is 0. The molecule has 3 amide bonds. The summed E-state index contributed by atoms with van der Waals surface area (Å²) in [6, 6.07) is 0.328. The molecule has 146 valence electrons. The molecular formula is C19H31N3O4. The Morgan fingerprint density at radius 3 is 1.92 bits per heavy atom. The zero-order valence-corrected chi connectivity index (χ0v) is 15.4. The highest BCUT2D eigenvalue weighted by atomic mass is 16.4. The van der Waals surface area contributed by atoms with Gasteiger partial charge in [-0.3, -0.25) is 9.59 Å². The minimum Gasteiger partial charge on any atom is -0.481 e. The van der Waals surface area contributed by atoms with Crippen LogP contribution in [0.15, 0.2) is 0 Å². The maximum atomic E-state index is 12.6. The predicted octanol–water partition coefficient (Wildman–Crippen LogP) is 2.11. The van der Waals surface area contributed by atoms with Gasteiger partial charge < -0.3 is 20.6 Å². The van der Waals surface area contributed by atoms with Crippen LogP contribution in [0.25, 0.3) is 0 Å². The van der Waals surface area contributed by atoms with E-state index in [9.17, 15) is 14.4 Å². The molecule has 0 aromatic heterocycles. The number of aliphatic carboxylic acids is 1. The first-order valence-corrected chi connectivity index (χ1v) is 10.1. The molecule has 2 aliphatic carbocycles. The van der Waals surface area contributed by atoms with Crippen LogP contribution in [0.4, 0.5) is 4.79 Å². The Hall–Kier alpha value is -1.79. The van der Waals surface area contributed by atoms with Crippen molar-refractivity contribution in [2.75, 3.05) is 13.1 Å². The van der Waals surface area contributed by atoms with Crippen molar-refractivity contribution in [3.63, 3.8) is 0 Å². The van der Waals surface area contributed by atoms with E-state index in [4.69, 9.17) is 5.11 Å². The van der Waals surface area contributed by atoms with Crippen LogP contribution in [-0.4, -0.2) is 53.1 Å². The van der Waals surface area contributed by atoms with E-state index >= 15 is 0 Å². The Morgan fingerprint density at radius 1 is 0.769 bits per heavy atom. The van der Waals surface area contributed by atoms with Crippen molar-refractivity contribution in [2.24, 2.45) is 11.8 Å². The molecule has 0 spiro atoms. The summed E-state index contributed by atoms with van der Waals surface area (Å²) in [7, 11) is 0. The molecule has 7 heteroatoms. The van der Waals surface area contributed by atoms with Crippen molar-refractivity contribution in [1.29, 1.82) is 0 Å². The number of carboxylic acid groups (broad SMARTS) is 1. The lowest BCUT2D eigenvalue weighted by Crippen LogP contribution is -2.51. The highest BCUT2D eigenvalue weighted by Gasteiger charge is 2.36. The highest BCUT2D eigenvalue weighted by molar-refractivity contribution is 5.81. The lowest BCUT2D eigenvalue weighted by atomic mass is 9.96. The van der Waals surface area contributed by atoms with E-state index in [0.717, 1.165) is 25.7 Å². The van der Waals surface area contributed by atoms with E-state index in [1.54, 1.807) is 0 Å². The largest absolute Gasteiger partial charge is 0.481 e. The second-order valence-electron chi connectivity index (χ2n) is 8.10. The number of urea groups is 1. The number of likely N-dealkylation sites (tertiary alicyclic amines) is 1. The third kappa shape index (κ3) is 4.89. The quantitative estimate of drug-likeness (QED) is 0.710. The molecule has 0 bridgehead atoms. The van der Waals surface area contributed by atoms with Crippen LogP contribution in [0.5, 0.6) is 0 Å². The van der Waals surface area contributed by atoms with Crippen molar-refractivity contribution in [3.8, 4) is 0 Å². The van der Waals surface area contributed by atoms with Gasteiger partial charge in [-0.2, -0.15) is 0 Å². The zero-order chi connectivity index (χ0) is 18.5. The molecule has 3 rings (SSSR count). The molecule has 0 radical (unpaired) electrons. The van der Waals surface area contributed by atoms with Crippen LogP contribution in [0, 0.1) is 11.8 Å². The number of carbonyl (C=O) groups is 3. The Morgan fingerprint density at radius 2 is 1.35 bits per heavy atom. The third-order valence-corrected chi connectivity index (χ3v) is 6.21. The second kappa shape index (κ2) is 8.73. The summed E-state index contributed by atoms with van der Waals surface area (Å²) in [5.41, 5.74) is 0. The van der Waals surface area contributed by atoms with Crippen molar-refractivity contribution in [3.05, 3.63) is 0 Å². The summed E-state index contributed by atoms with van der Waals surface area (Å²) in [4.78, 5) is 37.7. The lowest BCUT2D eigenvalue weighted by Gasteiger charge is -2.34. The Kier molecular flexibility index (Phi) is 6.38. The van der Waals surface area contributed by atoms with Crippen LogP contribution < -0.4 is 10.6 Å². The van der Waals surface area contributed by atoms with Crippen molar-refractivity contribution < 1.29 is 19.5 Å². The van der Waals surface area contributed by atoms with Crippen molar-refractivity contribution in [2.45, 2.75) is 76.3 Å². The number of carbonyl (C=O) groups excluding carboxylic acids is 2. The van der Waals surface area contributed by atoms with E-state index in [-0.39, 0.29) is 29.8 Å². The highest BCUT2D eigenvalue weighted by Crippen LogP contribution is 2.33. The molecule has 0 aromatic rings. The molecule has 1 heterocycles. The number of rotatable bonds is 4. The average Bonchev–Trinajstić information content (AvgIpc) is 3.13.